The number of alkyl halides is 2. The maximum atomic E-state index is 13.9. The molecule has 0 aromatic carbocycles. The number of hydrogen-bond acceptors (Lipinski definition) is 4. The molecule has 0 amide bonds. The molecule has 0 bridgehead atoms. The molecule has 25 heavy (non-hydrogen) atoms. The van der Waals surface area contributed by atoms with Gasteiger partial charge in [0.15, 0.2) is 0 Å². The first-order chi connectivity index (χ1) is 11.6. The summed E-state index contributed by atoms with van der Waals surface area (Å²) in [7, 11) is 0. The van der Waals surface area contributed by atoms with Crippen LogP contribution in [0.3, 0.4) is 0 Å². The average molecular weight is 390 g/mol. The molecular weight excluding hydrogens is 364 g/mol. The minimum atomic E-state index is -2.71. The molecule has 1 aliphatic heterocycles. The van der Waals surface area contributed by atoms with E-state index in [0.29, 0.717) is 5.57 Å². The van der Waals surface area contributed by atoms with Gasteiger partial charge in [-0.05, 0) is 47.1 Å². The lowest BCUT2D eigenvalue weighted by Crippen LogP contribution is -2.33. The van der Waals surface area contributed by atoms with Crippen LogP contribution in [0.25, 0.3) is 0 Å². The Labute approximate surface area is 157 Å². The van der Waals surface area contributed by atoms with Gasteiger partial charge in [0.05, 0.1) is 5.92 Å². The van der Waals surface area contributed by atoms with Crippen molar-refractivity contribution in [3.8, 4) is 0 Å². The Balaban J connectivity index is 1.95. The largest absolute Gasteiger partial charge is 0.481 e. The predicted molar refractivity (Wildman–Crippen MR) is 100.0 cm³/mol. The van der Waals surface area contributed by atoms with Crippen molar-refractivity contribution in [3.05, 3.63) is 21.6 Å². The van der Waals surface area contributed by atoms with Crippen LogP contribution in [0, 0.1) is 11.3 Å². The number of carboxylic acid groups (broad SMARTS) is 1. The molecule has 0 radical (unpaired) electrons. The van der Waals surface area contributed by atoms with Crippen molar-refractivity contribution in [2.75, 3.05) is 6.54 Å². The molecule has 2 unspecified atom stereocenters. The molecule has 0 saturated heterocycles. The molecule has 140 valence electrons. The molecule has 2 N–H and O–H groups in total. The third kappa shape index (κ3) is 3.93. The van der Waals surface area contributed by atoms with Gasteiger partial charge in [0.2, 0.25) is 0 Å². The molecule has 7 heteroatoms. The molecule has 0 spiro atoms. The Hall–Kier alpha value is -0.530. The van der Waals surface area contributed by atoms with Crippen molar-refractivity contribution in [2.24, 2.45) is 11.3 Å². The van der Waals surface area contributed by atoms with E-state index in [9.17, 15) is 18.7 Å². The quantitative estimate of drug-likeness (QED) is 0.477. The highest BCUT2D eigenvalue weighted by Crippen LogP contribution is 2.56. The maximum absolute atomic E-state index is 13.9. The number of thiol groups is 1. The zero-order valence-corrected chi connectivity index (χ0v) is 16.3. The van der Waals surface area contributed by atoms with Crippen LogP contribution in [0.4, 0.5) is 8.78 Å². The number of thioether (sulfide) groups is 1. The van der Waals surface area contributed by atoms with E-state index in [4.69, 9.17) is 0 Å². The van der Waals surface area contributed by atoms with Crippen LogP contribution < -0.4 is 4.72 Å². The topological polar surface area (TPSA) is 49.3 Å². The van der Waals surface area contributed by atoms with Crippen LogP contribution in [0.15, 0.2) is 21.6 Å². The van der Waals surface area contributed by atoms with E-state index in [1.54, 1.807) is 11.8 Å². The summed E-state index contributed by atoms with van der Waals surface area (Å²) >= 11 is 5.59. The van der Waals surface area contributed by atoms with Gasteiger partial charge in [0.25, 0.3) is 5.92 Å². The number of aliphatic carboxylic acids is 1. The summed E-state index contributed by atoms with van der Waals surface area (Å²) in [6.07, 6.45) is 2.50. The number of carboxylic acids is 1. The zero-order chi connectivity index (χ0) is 18.4. The number of carbonyl (C=O) groups is 1. The highest BCUT2D eigenvalue weighted by atomic mass is 32.2. The van der Waals surface area contributed by atoms with Gasteiger partial charge in [-0.1, -0.05) is 32.2 Å². The van der Waals surface area contributed by atoms with E-state index < -0.39 is 17.8 Å². The second-order valence-electron chi connectivity index (χ2n) is 8.14. The molecule has 3 aliphatic rings. The van der Waals surface area contributed by atoms with Crippen LogP contribution in [-0.4, -0.2) is 28.8 Å². The molecule has 2 aliphatic carbocycles. The van der Waals surface area contributed by atoms with Crippen molar-refractivity contribution in [1.29, 1.82) is 0 Å². The van der Waals surface area contributed by atoms with Gasteiger partial charge < -0.3 is 5.11 Å². The molecule has 0 aromatic rings. The lowest BCUT2D eigenvalue weighted by Gasteiger charge is -2.33. The highest BCUT2D eigenvalue weighted by Gasteiger charge is 2.48. The predicted octanol–water partition coefficient (Wildman–Crippen LogP) is 4.82. The van der Waals surface area contributed by atoms with Crippen molar-refractivity contribution in [3.63, 3.8) is 0 Å². The number of rotatable bonds is 4. The second kappa shape index (κ2) is 6.89. The summed E-state index contributed by atoms with van der Waals surface area (Å²) in [6, 6.07) is 0. The molecule has 1 heterocycles. The number of nitrogens with one attached hydrogen (secondary N) is 1. The second-order valence-corrected chi connectivity index (χ2v) is 9.69. The summed E-state index contributed by atoms with van der Waals surface area (Å²) in [6.45, 7) is 4.61. The number of hydrogen-bond donors (Lipinski definition) is 3. The van der Waals surface area contributed by atoms with Gasteiger partial charge in [-0.15, -0.1) is 11.8 Å². The van der Waals surface area contributed by atoms with E-state index in [-0.39, 0.29) is 36.5 Å². The van der Waals surface area contributed by atoms with Crippen LogP contribution in [-0.2, 0) is 4.79 Å². The molecule has 3 nitrogen and oxygen atoms in total. The fraction of sp³-hybridized carbons (Fsp3) is 0.722. The summed E-state index contributed by atoms with van der Waals surface area (Å²) in [5.41, 5.74) is 2.67. The van der Waals surface area contributed by atoms with E-state index in [1.165, 1.54) is 4.91 Å². The summed E-state index contributed by atoms with van der Waals surface area (Å²) in [5.74, 6) is -4.13. The van der Waals surface area contributed by atoms with Crippen LogP contribution in [0.1, 0.15) is 52.4 Å². The van der Waals surface area contributed by atoms with Crippen molar-refractivity contribution in [1.82, 2.24) is 4.72 Å². The van der Waals surface area contributed by atoms with Gasteiger partial charge >= 0.3 is 5.97 Å². The fourth-order valence-electron chi connectivity index (χ4n) is 4.31. The maximum Gasteiger partial charge on any atom is 0.312 e. The molecule has 0 aromatic heterocycles. The molecule has 0 fully saturated rings. The molecule has 0 saturated carbocycles. The normalized spacial score (nSPS) is 31.2. The van der Waals surface area contributed by atoms with Gasteiger partial charge in [-0.3, -0.25) is 9.52 Å². The van der Waals surface area contributed by atoms with Crippen molar-refractivity contribution < 1.29 is 18.7 Å². The van der Waals surface area contributed by atoms with E-state index in [0.717, 1.165) is 30.4 Å². The molecule has 2 atom stereocenters. The van der Waals surface area contributed by atoms with Crippen molar-refractivity contribution in [2.45, 2.75) is 63.5 Å². The molecular formula is C18H25F2NO2S2. The van der Waals surface area contributed by atoms with Gasteiger partial charge in [0.1, 0.15) is 0 Å². The Morgan fingerprint density at radius 1 is 1.28 bits per heavy atom. The number of halogens is 2. The van der Waals surface area contributed by atoms with E-state index in [2.05, 4.69) is 31.4 Å². The van der Waals surface area contributed by atoms with Crippen LogP contribution in [0.2, 0.25) is 0 Å². The average Bonchev–Trinajstić information content (AvgIpc) is 2.84. The van der Waals surface area contributed by atoms with Gasteiger partial charge in [0, 0.05) is 24.6 Å². The first-order valence-electron chi connectivity index (χ1n) is 8.70. The fourth-order valence-corrected chi connectivity index (χ4v) is 6.22. The van der Waals surface area contributed by atoms with Gasteiger partial charge in [-0.2, -0.15) is 0 Å². The van der Waals surface area contributed by atoms with Gasteiger partial charge in [-0.25, -0.2) is 8.78 Å². The summed E-state index contributed by atoms with van der Waals surface area (Å²) < 4.78 is 30.4. The minimum Gasteiger partial charge on any atom is -0.481 e. The Kier molecular flexibility index (Phi) is 5.30. The van der Waals surface area contributed by atoms with E-state index >= 15 is 0 Å². The minimum absolute atomic E-state index is 0.103. The Bertz CT molecular complexity index is 643. The Morgan fingerprint density at radius 3 is 2.64 bits per heavy atom. The third-order valence-electron chi connectivity index (χ3n) is 5.59. The lowest BCUT2D eigenvalue weighted by molar-refractivity contribution is -0.140. The monoisotopic (exact) mass is 389 g/mol. The number of allylic oxidation sites excluding steroid dienone is 1. The first-order valence-corrected chi connectivity index (χ1v) is 10.0. The zero-order valence-electron chi connectivity index (χ0n) is 14.6. The Morgan fingerprint density at radius 2 is 2.00 bits per heavy atom. The highest BCUT2D eigenvalue weighted by molar-refractivity contribution is 8.04. The van der Waals surface area contributed by atoms with E-state index in [1.807, 2.05) is 0 Å². The SMILES string of the molecule is CC1(C)CCC2=C(C1)C(C(=O)O)C(C1=C(CNS)CC(F)(F)CC1)S2. The molecule has 3 rings (SSSR count). The lowest BCUT2D eigenvalue weighted by atomic mass is 9.72. The smallest absolute Gasteiger partial charge is 0.312 e. The summed E-state index contributed by atoms with van der Waals surface area (Å²) in [4.78, 5) is 13.2. The van der Waals surface area contributed by atoms with Crippen molar-refractivity contribution >= 4 is 30.5 Å². The first kappa shape index (κ1) is 19.2. The third-order valence-corrected chi connectivity index (χ3v) is 7.31. The summed E-state index contributed by atoms with van der Waals surface area (Å²) in [5, 5.41) is 9.65. The standard InChI is InChI=1S/C18H25F2NO2S2/c1-17(2)5-4-13-12(8-17)14(16(22)23)15(25-13)11-3-6-18(19,20)7-10(11)9-21-24/h14-15,21,24H,3-9H2,1-2H3,(H,22,23). The van der Waals surface area contributed by atoms with Crippen LogP contribution >= 0.6 is 24.6 Å². The van der Waals surface area contributed by atoms with Crippen LogP contribution in [0.5, 0.6) is 0 Å².